The first-order chi connectivity index (χ1) is 11.2. The lowest BCUT2D eigenvalue weighted by atomic mass is 9.93. The maximum Gasteiger partial charge on any atom is 0.224 e. The van der Waals surface area contributed by atoms with E-state index in [4.69, 9.17) is 0 Å². The second kappa shape index (κ2) is 7.84. The lowest BCUT2D eigenvalue weighted by Gasteiger charge is -2.41. The Kier molecular flexibility index (Phi) is 5.56. The fourth-order valence-corrected chi connectivity index (χ4v) is 3.66. The van der Waals surface area contributed by atoms with Crippen LogP contribution in [-0.2, 0) is 11.3 Å². The van der Waals surface area contributed by atoms with Gasteiger partial charge in [0.25, 0.3) is 0 Å². The molecule has 2 aliphatic heterocycles. The van der Waals surface area contributed by atoms with E-state index in [1.807, 2.05) is 6.07 Å². The van der Waals surface area contributed by atoms with Crippen LogP contribution in [0.5, 0.6) is 0 Å². The summed E-state index contributed by atoms with van der Waals surface area (Å²) in [6.45, 7) is 4.89. The minimum absolute atomic E-state index is 0.116. The van der Waals surface area contributed by atoms with Crippen LogP contribution in [0.4, 0.5) is 0 Å². The molecule has 0 aromatic carbocycles. The van der Waals surface area contributed by atoms with Crippen molar-refractivity contribution >= 4 is 5.91 Å². The van der Waals surface area contributed by atoms with E-state index in [1.165, 1.54) is 32.3 Å². The van der Waals surface area contributed by atoms with E-state index in [0.717, 1.165) is 31.6 Å². The Morgan fingerprint density at radius 3 is 2.87 bits per heavy atom. The van der Waals surface area contributed by atoms with Gasteiger partial charge >= 0.3 is 0 Å². The molecule has 2 fully saturated rings. The summed E-state index contributed by atoms with van der Waals surface area (Å²) in [4.78, 5) is 25.5. The van der Waals surface area contributed by atoms with Gasteiger partial charge in [-0.05, 0) is 58.4 Å². The second-order valence-corrected chi connectivity index (χ2v) is 6.79. The van der Waals surface area contributed by atoms with Crippen molar-refractivity contribution in [3.63, 3.8) is 0 Å². The Morgan fingerprint density at radius 1 is 1.30 bits per heavy atom. The van der Waals surface area contributed by atoms with Crippen molar-refractivity contribution < 1.29 is 4.79 Å². The van der Waals surface area contributed by atoms with Crippen LogP contribution in [0.3, 0.4) is 0 Å². The standard InChI is InChI=1S/C17H27N5O/c1-21-9-5-16(6-10-21)22-8-2-3-14(12-22)17(23)19-11-15-4-7-18-13-20-15/h4,7,13-14,16H,2-3,5-6,8-12H2,1H3,(H,19,23)/t14-/m0/s1. The average Bonchev–Trinajstić information content (AvgIpc) is 2.61. The van der Waals surface area contributed by atoms with E-state index in [2.05, 4.69) is 32.1 Å². The zero-order valence-electron chi connectivity index (χ0n) is 13.9. The summed E-state index contributed by atoms with van der Waals surface area (Å²) in [5, 5.41) is 3.04. The zero-order valence-corrected chi connectivity index (χ0v) is 13.9. The SMILES string of the molecule is CN1CCC(N2CCC[C@H](C(=O)NCc3ccncn3)C2)CC1. The van der Waals surface area contributed by atoms with E-state index in [9.17, 15) is 4.79 Å². The molecule has 0 aliphatic carbocycles. The van der Waals surface area contributed by atoms with Gasteiger partial charge in [-0.25, -0.2) is 9.97 Å². The van der Waals surface area contributed by atoms with Crippen LogP contribution in [0.25, 0.3) is 0 Å². The summed E-state index contributed by atoms with van der Waals surface area (Å²) in [7, 11) is 2.19. The highest BCUT2D eigenvalue weighted by Gasteiger charge is 2.30. The molecule has 23 heavy (non-hydrogen) atoms. The lowest BCUT2D eigenvalue weighted by molar-refractivity contribution is -0.127. The van der Waals surface area contributed by atoms with Crippen LogP contribution in [-0.4, -0.2) is 64.9 Å². The Hall–Kier alpha value is -1.53. The van der Waals surface area contributed by atoms with Gasteiger partial charge in [-0.1, -0.05) is 0 Å². The van der Waals surface area contributed by atoms with Crippen molar-refractivity contribution in [1.29, 1.82) is 0 Å². The number of hydrogen-bond acceptors (Lipinski definition) is 5. The van der Waals surface area contributed by atoms with E-state index < -0.39 is 0 Å². The minimum Gasteiger partial charge on any atom is -0.350 e. The van der Waals surface area contributed by atoms with Crippen molar-refractivity contribution in [1.82, 2.24) is 25.1 Å². The number of nitrogens with zero attached hydrogens (tertiary/aromatic N) is 4. The molecule has 6 nitrogen and oxygen atoms in total. The first-order valence-corrected chi connectivity index (χ1v) is 8.67. The molecule has 1 aromatic heterocycles. The maximum atomic E-state index is 12.5. The number of likely N-dealkylation sites (tertiary alicyclic amines) is 2. The monoisotopic (exact) mass is 317 g/mol. The van der Waals surface area contributed by atoms with Crippen LogP contribution < -0.4 is 5.32 Å². The molecule has 1 amide bonds. The number of hydrogen-bond donors (Lipinski definition) is 1. The van der Waals surface area contributed by atoms with Gasteiger partial charge in [0, 0.05) is 18.8 Å². The van der Waals surface area contributed by atoms with Crippen LogP contribution in [0.1, 0.15) is 31.4 Å². The molecule has 1 aromatic rings. The van der Waals surface area contributed by atoms with Gasteiger partial charge in [0.2, 0.25) is 5.91 Å². The predicted octanol–water partition coefficient (Wildman–Crippen LogP) is 0.899. The van der Waals surface area contributed by atoms with Crippen LogP contribution >= 0.6 is 0 Å². The Morgan fingerprint density at radius 2 is 2.13 bits per heavy atom. The fourth-order valence-electron chi connectivity index (χ4n) is 3.66. The summed E-state index contributed by atoms with van der Waals surface area (Å²) in [5.41, 5.74) is 0.858. The second-order valence-electron chi connectivity index (χ2n) is 6.79. The number of piperidine rings is 2. The molecule has 0 bridgehead atoms. The topological polar surface area (TPSA) is 61.4 Å². The van der Waals surface area contributed by atoms with E-state index in [0.29, 0.717) is 12.6 Å². The normalized spacial score (nSPS) is 24.5. The summed E-state index contributed by atoms with van der Waals surface area (Å²) < 4.78 is 0. The first kappa shape index (κ1) is 16.3. The Labute approximate surface area is 138 Å². The molecule has 2 aliphatic rings. The zero-order chi connectivity index (χ0) is 16.1. The van der Waals surface area contributed by atoms with Gasteiger partial charge < -0.3 is 10.2 Å². The van der Waals surface area contributed by atoms with Gasteiger partial charge in [-0.15, -0.1) is 0 Å². The molecule has 3 rings (SSSR count). The van der Waals surface area contributed by atoms with Crippen molar-refractivity contribution in [2.75, 3.05) is 33.2 Å². The van der Waals surface area contributed by atoms with E-state index >= 15 is 0 Å². The maximum absolute atomic E-state index is 12.5. The molecular formula is C17H27N5O. The lowest BCUT2D eigenvalue weighted by Crippen LogP contribution is -2.50. The van der Waals surface area contributed by atoms with Gasteiger partial charge in [0.1, 0.15) is 6.33 Å². The van der Waals surface area contributed by atoms with E-state index in [1.54, 1.807) is 6.20 Å². The van der Waals surface area contributed by atoms with Crippen molar-refractivity contribution in [2.24, 2.45) is 5.92 Å². The van der Waals surface area contributed by atoms with Gasteiger partial charge in [0.15, 0.2) is 0 Å². The number of aromatic nitrogens is 2. The quantitative estimate of drug-likeness (QED) is 0.894. The molecule has 1 N–H and O–H groups in total. The highest BCUT2D eigenvalue weighted by molar-refractivity contribution is 5.78. The smallest absolute Gasteiger partial charge is 0.224 e. The highest BCUT2D eigenvalue weighted by atomic mass is 16.1. The molecule has 6 heteroatoms. The molecule has 0 radical (unpaired) electrons. The number of nitrogens with one attached hydrogen (secondary N) is 1. The summed E-state index contributed by atoms with van der Waals surface area (Å²) >= 11 is 0. The highest BCUT2D eigenvalue weighted by Crippen LogP contribution is 2.23. The van der Waals surface area contributed by atoms with Crippen LogP contribution in [0.2, 0.25) is 0 Å². The van der Waals surface area contributed by atoms with E-state index in [-0.39, 0.29) is 11.8 Å². The van der Waals surface area contributed by atoms with Crippen LogP contribution in [0, 0.1) is 5.92 Å². The summed E-state index contributed by atoms with van der Waals surface area (Å²) in [6.07, 6.45) is 7.80. The number of carbonyl (C=O) groups is 1. The third-order valence-corrected chi connectivity index (χ3v) is 5.12. The molecule has 0 saturated carbocycles. The number of carbonyl (C=O) groups excluding carboxylic acids is 1. The Balaban J connectivity index is 1.48. The molecular weight excluding hydrogens is 290 g/mol. The number of rotatable bonds is 4. The van der Waals surface area contributed by atoms with Gasteiger partial charge in [-0.3, -0.25) is 9.69 Å². The average molecular weight is 317 g/mol. The molecule has 2 saturated heterocycles. The van der Waals surface area contributed by atoms with Gasteiger partial charge in [-0.2, -0.15) is 0 Å². The molecule has 0 spiro atoms. The third-order valence-electron chi connectivity index (χ3n) is 5.12. The molecule has 3 heterocycles. The van der Waals surface area contributed by atoms with Crippen LogP contribution in [0.15, 0.2) is 18.6 Å². The fraction of sp³-hybridized carbons (Fsp3) is 0.706. The summed E-state index contributed by atoms with van der Waals surface area (Å²) in [5.74, 6) is 0.284. The minimum atomic E-state index is 0.116. The summed E-state index contributed by atoms with van der Waals surface area (Å²) in [6, 6.07) is 2.50. The third kappa shape index (κ3) is 4.48. The predicted molar refractivity (Wildman–Crippen MR) is 88.7 cm³/mol. The first-order valence-electron chi connectivity index (χ1n) is 8.67. The van der Waals surface area contributed by atoms with Crippen molar-refractivity contribution in [3.05, 3.63) is 24.3 Å². The molecule has 126 valence electrons. The molecule has 0 unspecified atom stereocenters. The molecule has 1 atom stereocenters. The Bertz CT molecular complexity index is 501. The van der Waals surface area contributed by atoms with Crippen molar-refractivity contribution in [3.8, 4) is 0 Å². The number of amides is 1. The van der Waals surface area contributed by atoms with Gasteiger partial charge in [0.05, 0.1) is 18.2 Å². The van der Waals surface area contributed by atoms with Crippen molar-refractivity contribution in [2.45, 2.75) is 38.3 Å². The largest absolute Gasteiger partial charge is 0.350 e.